The molecule has 2 rings (SSSR count). The van der Waals surface area contributed by atoms with E-state index in [9.17, 15) is 9.18 Å². The van der Waals surface area contributed by atoms with Gasteiger partial charge in [0.05, 0.1) is 7.11 Å². The van der Waals surface area contributed by atoms with E-state index < -0.39 is 11.7 Å². The minimum Gasteiger partial charge on any atom is -0.496 e. The molecule has 4 nitrogen and oxygen atoms in total. The third-order valence-corrected chi connectivity index (χ3v) is 3.06. The maximum Gasteiger partial charge on any atom is 0.258 e. The Hall–Kier alpha value is -1.88. The molecule has 1 aromatic rings. The number of methoxy groups -OCH3 is 1. The van der Waals surface area contributed by atoms with Gasteiger partial charge in [-0.2, -0.15) is 0 Å². The molecule has 1 heterocycles. The van der Waals surface area contributed by atoms with E-state index in [0.717, 1.165) is 25.1 Å². The summed E-state index contributed by atoms with van der Waals surface area (Å²) in [6.07, 6.45) is 2.94. The van der Waals surface area contributed by atoms with Gasteiger partial charge in [-0.25, -0.2) is 4.39 Å². The number of hydrogen-bond acceptors (Lipinski definition) is 3. The molecule has 0 unspecified atom stereocenters. The Morgan fingerprint density at radius 1 is 1.53 bits per heavy atom. The van der Waals surface area contributed by atoms with Crippen molar-refractivity contribution in [3.63, 3.8) is 0 Å². The lowest BCUT2D eigenvalue weighted by Gasteiger charge is -2.15. The Labute approximate surface area is 111 Å². The maximum atomic E-state index is 13.7. The Bertz CT molecular complexity index is 500. The van der Waals surface area contributed by atoms with Crippen LogP contribution in [0.3, 0.4) is 0 Å². The predicted molar refractivity (Wildman–Crippen MR) is 70.9 cm³/mol. The van der Waals surface area contributed by atoms with Crippen LogP contribution in [0.1, 0.15) is 16.8 Å². The van der Waals surface area contributed by atoms with Crippen LogP contribution in [-0.2, 0) is 0 Å². The van der Waals surface area contributed by atoms with Crippen molar-refractivity contribution >= 4 is 5.91 Å². The van der Waals surface area contributed by atoms with Crippen LogP contribution in [-0.4, -0.2) is 32.7 Å². The first-order chi connectivity index (χ1) is 9.22. The van der Waals surface area contributed by atoms with Gasteiger partial charge >= 0.3 is 0 Å². The number of carbonyl (C=O) groups excluding carboxylic acids is 1. The average Bonchev–Trinajstić information content (AvgIpc) is 2.45. The molecule has 0 saturated carbocycles. The number of halogens is 1. The first-order valence-corrected chi connectivity index (χ1v) is 6.21. The van der Waals surface area contributed by atoms with Crippen molar-refractivity contribution in [2.75, 3.05) is 26.7 Å². The monoisotopic (exact) mass is 264 g/mol. The summed E-state index contributed by atoms with van der Waals surface area (Å²) in [5, 5.41) is 5.92. The minimum atomic E-state index is -0.573. The van der Waals surface area contributed by atoms with Crippen LogP contribution >= 0.6 is 0 Å². The van der Waals surface area contributed by atoms with Crippen molar-refractivity contribution in [3.8, 4) is 5.75 Å². The van der Waals surface area contributed by atoms with Gasteiger partial charge in [0.2, 0.25) is 0 Å². The van der Waals surface area contributed by atoms with Crippen LogP contribution in [0.5, 0.6) is 5.75 Å². The number of ether oxygens (including phenoxy) is 1. The quantitative estimate of drug-likeness (QED) is 0.810. The fourth-order valence-electron chi connectivity index (χ4n) is 2.01. The number of carbonyl (C=O) groups is 1. The lowest BCUT2D eigenvalue weighted by molar-refractivity contribution is 0.0949. The zero-order valence-electron chi connectivity index (χ0n) is 10.8. The Kier molecular flexibility index (Phi) is 4.52. The molecule has 1 amide bonds. The molecule has 102 valence electrons. The number of hydrogen-bond donors (Lipinski definition) is 2. The number of amides is 1. The molecule has 0 fully saturated rings. The van der Waals surface area contributed by atoms with Crippen molar-refractivity contribution in [3.05, 3.63) is 41.2 Å². The summed E-state index contributed by atoms with van der Waals surface area (Å²) in [5.41, 5.74) is 1.11. The molecular weight excluding hydrogens is 247 g/mol. The normalized spacial score (nSPS) is 14.7. The highest BCUT2D eigenvalue weighted by atomic mass is 19.1. The highest BCUT2D eigenvalue weighted by Crippen LogP contribution is 2.20. The Morgan fingerprint density at radius 2 is 2.37 bits per heavy atom. The zero-order valence-corrected chi connectivity index (χ0v) is 10.8. The van der Waals surface area contributed by atoms with E-state index in [2.05, 4.69) is 10.6 Å². The summed E-state index contributed by atoms with van der Waals surface area (Å²) in [7, 11) is 1.42. The second kappa shape index (κ2) is 6.33. The van der Waals surface area contributed by atoms with Gasteiger partial charge in [0.1, 0.15) is 17.1 Å². The molecule has 0 aliphatic carbocycles. The first-order valence-electron chi connectivity index (χ1n) is 6.21. The Balaban J connectivity index is 2.05. The van der Waals surface area contributed by atoms with Gasteiger partial charge in [0.25, 0.3) is 5.91 Å². The number of rotatable bonds is 4. The highest BCUT2D eigenvalue weighted by molar-refractivity contribution is 5.97. The largest absolute Gasteiger partial charge is 0.496 e. The van der Waals surface area contributed by atoms with Gasteiger partial charge in [0.15, 0.2) is 0 Å². The van der Waals surface area contributed by atoms with Crippen LogP contribution in [0.4, 0.5) is 4.39 Å². The molecule has 0 bridgehead atoms. The topological polar surface area (TPSA) is 50.4 Å². The van der Waals surface area contributed by atoms with Crippen molar-refractivity contribution in [1.29, 1.82) is 0 Å². The highest BCUT2D eigenvalue weighted by Gasteiger charge is 2.17. The summed E-state index contributed by atoms with van der Waals surface area (Å²) in [6, 6.07) is 4.34. The summed E-state index contributed by atoms with van der Waals surface area (Å²) in [4.78, 5) is 12.0. The van der Waals surface area contributed by atoms with Crippen molar-refractivity contribution in [1.82, 2.24) is 10.6 Å². The van der Waals surface area contributed by atoms with Crippen LogP contribution in [0.25, 0.3) is 0 Å². The number of benzene rings is 1. The third kappa shape index (κ3) is 3.32. The van der Waals surface area contributed by atoms with Crippen LogP contribution in [0.15, 0.2) is 29.8 Å². The van der Waals surface area contributed by atoms with Crippen LogP contribution in [0.2, 0.25) is 0 Å². The predicted octanol–water partition coefficient (Wildman–Crippen LogP) is 1.48. The van der Waals surface area contributed by atoms with Gasteiger partial charge in [-0.1, -0.05) is 17.7 Å². The van der Waals surface area contributed by atoms with E-state index in [1.54, 1.807) is 6.07 Å². The SMILES string of the molecule is COc1cccc(F)c1C(=O)NCC1=CCNCC1. The Morgan fingerprint density at radius 3 is 3.05 bits per heavy atom. The fourth-order valence-corrected chi connectivity index (χ4v) is 2.01. The lowest BCUT2D eigenvalue weighted by Crippen LogP contribution is -2.30. The average molecular weight is 264 g/mol. The van der Waals surface area contributed by atoms with E-state index in [0.29, 0.717) is 6.54 Å². The molecule has 0 radical (unpaired) electrons. The van der Waals surface area contributed by atoms with Gasteiger partial charge in [-0.3, -0.25) is 4.79 Å². The van der Waals surface area contributed by atoms with E-state index >= 15 is 0 Å². The van der Waals surface area contributed by atoms with Crippen molar-refractivity contribution in [2.45, 2.75) is 6.42 Å². The summed E-state index contributed by atoms with van der Waals surface area (Å²) in [6.45, 7) is 2.16. The second-order valence-corrected chi connectivity index (χ2v) is 4.32. The van der Waals surface area contributed by atoms with Gasteiger partial charge in [0, 0.05) is 13.1 Å². The van der Waals surface area contributed by atoms with Crippen molar-refractivity contribution < 1.29 is 13.9 Å². The van der Waals surface area contributed by atoms with E-state index in [4.69, 9.17) is 4.74 Å². The molecule has 0 spiro atoms. The number of nitrogens with one attached hydrogen (secondary N) is 2. The first kappa shape index (κ1) is 13.5. The zero-order chi connectivity index (χ0) is 13.7. The molecular formula is C14H17FN2O2. The van der Waals surface area contributed by atoms with Crippen LogP contribution < -0.4 is 15.4 Å². The van der Waals surface area contributed by atoms with Crippen molar-refractivity contribution in [2.24, 2.45) is 0 Å². The molecule has 0 atom stereocenters. The molecule has 0 aromatic heterocycles. The maximum absolute atomic E-state index is 13.7. The summed E-state index contributed by atoms with van der Waals surface area (Å²) in [5.74, 6) is -0.776. The molecule has 0 saturated heterocycles. The molecule has 19 heavy (non-hydrogen) atoms. The van der Waals surface area contributed by atoms with E-state index in [1.165, 1.54) is 19.2 Å². The third-order valence-electron chi connectivity index (χ3n) is 3.06. The van der Waals surface area contributed by atoms with E-state index in [1.807, 2.05) is 6.08 Å². The molecule has 1 aromatic carbocycles. The fraction of sp³-hybridized carbons (Fsp3) is 0.357. The molecule has 1 aliphatic rings. The molecule has 2 N–H and O–H groups in total. The summed E-state index contributed by atoms with van der Waals surface area (Å²) >= 11 is 0. The smallest absolute Gasteiger partial charge is 0.258 e. The van der Waals surface area contributed by atoms with E-state index in [-0.39, 0.29) is 11.3 Å². The minimum absolute atomic E-state index is 0.0421. The summed E-state index contributed by atoms with van der Waals surface area (Å²) < 4.78 is 18.7. The lowest BCUT2D eigenvalue weighted by atomic mass is 10.1. The van der Waals surface area contributed by atoms with Gasteiger partial charge < -0.3 is 15.4 Å². The molecule has 5 heteroatoms. The van der Waals surface area contributed by atoms with Gasteiger partial charge in [-0.05, 0) is 25.1 Å². The van der Waals surface area contributed by atoms with Gasteiger partial charge in [-0.15, -0.1) is 0 Å². The second-order valence-electron chi connectivity index (χ2n) is 4.32. The standard InChI is InChI=1S/C14H17FN2O2/c1-19-12-4-2-3-11(15)13(12)14(18)17-9-10-5-7-16-8-6-10/h2-5,16H,6-9H2,1H3,(H,17,18). The molecule has 1 aliphatic heterocycles. The van der Waals surface area contributed by atoms with Crippen LogP contribution in [0, 0.1) is 5.82 Å².